The summed E-state index contributed by atoms with van der Waals surface area (Å²) < 4.78 is 1.30. The number of hydrogen-bond acceptors (Lipinski definition) is 3. The molecule has 0 bridgehead atoms. The largest absolute Gasteiger partial charge is 0.300 e. The van der Waals surface area contributed by atoms with Crippen LogP contribution in [0.3, 0.4) is 0 Å². The molecule has 17 heavy (non-hydrogen) atoms. The number of aromatic nitrogens is 1. The number of thiazole rings is 1. The molecule has 0 aliphatic rings. The summed E-state index contributed by atoms with van der Waals surface area (Å²) in [4.78, 5) is 7.03. The molecule has 0 aliphatic heterocycles. The monoisotopic (exact) mass is 248 g/mol. The van der Waals surface area contributed by atoms with Crippen molar-refractivity contribution in [2.24, 2.45) is 0 Å². The Bertz CT molecular complexity index is 431. The van der Waals surface area contributed by atoms with Crippen LogP contribution in [0.4, 0.5) is 0 Å². The van der Waals surface area contributed by atoms with Crippen LogP contribution < -0.4 is 0 Å². The van der Waals surface area contributed by atoms with Gasteiger partial charge in [-0.05, 0) is 32.1 Å². The van der Waals surface area contributed by atoms with Gasteiger partial charge in [0.05, 0.1) is 16.8 Å². The van der Waals surface area contributed by atoms with E-state index in [1.165, 1.54) is 35.5 Å². The maximum Gasteiger partial charge on any atom is 0.108 e. The fourth-order valence-electron chi connectivity index (χ4n) is 1.93. The van der Waals surface area contributed by atoms with E-state index in [1.807, 2.05) is 11.3 Å². The molecule has 0 unspecified atom stereocenters. The number of fused-ring (bicyclic) bond motifs is 1. The highest BCUT2D eigenvalue weighted by atomic mass is 32.1. The summed E-state index contributed by atoms with van der Waals surface area (Å²) in [5.74, 6) is 0. The van der Waals surface area contributed by atoms with E-state index in [1.54, 1.807) is 0 Å². The smallest absolute Gasteiger partial charge is 0.108 e. The lowest BCUT2D eigenvalue weighted by molar-refractivity contribution is 0.318. The van der Waals surface area contributed by atoms with Crippen molar-refractivity contribution in [3.8, 4) is 0 Å². The number of para-hydroxylation sites is 1. The number of rotatable bonds is 6. The highest BCUT2D eigenvalue weighted by molar-refractivity contribution is 7.18. The first-order valence-corrected chi connectivity index (χ1v) is 7.14. The molecule has 1 aromatic heterocycles. The molecular formula is C14H20N2S. The Morgan fingerprint density at radius 1 is 1.24 bits per heavy atom. The van der Waals surface area contributed by atoms with Crippen molar-refractivity contribution in [1.82, 2.24) is 9.88 Å². The molecular weight excluding hydrogens is 228 g/mol. The molecule has 0 amide bonds. The number of nitrogens with zero attached hydrogens (tertiary/aromatic N) is 2. The first-order chi connectivity index (χ1) is 8.29. The van der Waals surface area contributed by atoms with Gasteiger partial charge in [0.15, 0.2) is 0 Å². The number of unbranched alkanes of at least 4 members (excludes halogenated alkanes) is 2. The van der Waals surface area contributed by atoms with E-state index >= 15 is 0 Å². The first kappa shape index (κ1) is 12.5. The van der Waals surface area contributed by atoms with E-state index in [9.17, 15) is 0 Å². The number of hydrogen-bond donors (Lipinski definition) is 0. The minimum Gasteiger partial charge on any atom is -0.300 e. The van der Waals surface area contributed by atoms with Gasteiger partial charge in [0.25, 0.3) is 0 Å². The SMILES string of the molecule is CCCCCN(C)Cc1nc2ccccc2s1. The van der Waals surface area contributed by atoms with Gasteiger partial charge < -0.3 is 0 Å². The minimum absolute atomic E-state index is 0.975. The van der Waals surface area contributed by atoms with Crippen LogP contribution in [0.15, 0.2) is 24.3 Å². The van der Waals surface area contributed by atoms with Crippen LogP contribution >= 0.6 is 11.3 Å². The van der Waals surface area contributed by atoms with E-state index < -0.39 is 0 Å². The van der Waals surface area contributed by atoms with E-state index in [4.69, 9.17) is 0 Å². The Hall–Kier alpha value is -0.930. The number of benzene rings is 1. The Labute approximate surface area is 107 Å². The Morgan fingerprint density at radius 2 is 2.06 bits per heavy atom. The topological polar surface area (TPSA) is 16.1 Å². The zero-order valence-electron chi connectivity index (χ0n) is 10.6. The van der Waals surface area contributed by atoms with Crippen LogP contribution in [0.1, 0.15) is 31.2 Å². The second-order valence-electron chi connectivity index (χ2n) is 4.52. The zero-order valence-corrected chi connectivity index (χ0v) is 11.5. The predicted octanol–water partition coefficient (Wildman–Crippen LogP) is 3.92. The third-order valence-corrected chi connectivity index (χ3v) is 3.91. The van der Waals surface area contributed by atoms with E-state index in [-0.39, 0.29) is 0 Å². The lowest BCUT2D eigenvalue weighted by Crippen LogP contribution is -2.18. The molecule has 3 heteroatoms. The zero-order chi connectivity index (χ0) is 12.1. The highest BCUT2D eigenvalue weighted by Crippen LogP contribution is 2.22. The van der Waals surface area contributed by atoms with Crippen LogP contribution in [0.25, 0.3) is 10.2 Å². The molecule has 0 aliphatic carbocycles. The molecule has 1 aromatic carbocycles. The van der Waals surface area contributed by atoms with Crippen molar-refractivity contribution < 1.29 is 0 Å². The maximum atomic E-state index is 4.66. The average molecular weight is 248 g/mol. The summed E-state index contributed by atoms with van der Waals surface area (Å²) in [6.45, 7) is 4.39. The van der Waals surface area contributed by atoms with Crippen LogP contribution in [0, 0.1) is 0 Å². The van der Waals surface area contributed by atoms with Gasteiger partial charge in [-0.2, -0.15) is 0 Å². The molecule has 0 radical (unpaired) electrons. The van der Waals surface area contributed by atoms with Gasteiger partial charge >= 0.3 is 0 Å². The third kappa shape index (κ3) is 3.51. The van der Waals surface area contributed by atoms with Gasteiger partial charge in [-0.25, -0.2) is 4.98 Å². The van der Waals surface area contributed by atoms with Gasteiger partial charge in [-0.1, -0.05) is 31.9 Å². The molecule has 2 aromatic rings. The van der Waals surface area contributed by atoms with E-state index in [2.05, 4.69) is 48.1 Å². The van der Waals surface area contributed by atoms with Crippen molar-refractivity contribution in [1.29, 1.82) is 0 Å². The standard InChI is InChI=1S/C14H20N2S/c1-3-4-7-10-16(2)11-14-15-12-8-5-6-9-13(12)17-14/h5-6,8-9H,3-4,7,10-11H2,1-2H3. The summed E-state index contributed by atoms with van der Waals surface area (Å²) >= 11 is 1.81. The van der Waals surface area contributed by atoms with Gasteiger partial charge in [0.1, 0.15) is 5.01 Å². The lowest BCUT2D eigenvalue weighted by atomic mass is 10.2. The van der Waals surface area contributed by atoms with Crippen LogP contribution in [-0.2, 0) is 6.54 Å². The van der Waals surface area contributed by atoms with Gasteiger partial charge in [-0.15, -0.1) is 11.3 Å². The molecule has 0 atom stereocenters. The van der Waals surface area contributed by atoms with E-state index in [0.29, 0.717) is 0 Å². The summed E-state index contributed by atoms with van der Waals surface area (Å²) in [7, 11) is 2.18. The normalized spacial score (nSPS) is 11.5. The summed E-state index contributed by atoms with van der Waals surface area (Å²) in [5.41, 5.74) is 1.13. The summed E-state index contributed by atoms with van der Waals surface area (Å²) in [6, 6.07) is 8.37. The van der Waals surface area contributed by atoms with Crippen molar-refractivity contribution in [2.75, 3.05) is 13.6 Å². The minimum atomic E-state index is 0.975. The molecule has 0 N–H and O–H groups in total. The second kappa shape index (κ2) is 6.12. The molecule has 1 heterocycles. The quantitative estimate of drug-likeness (QED) is 0.720. The third-order valence-electron chi connectivity index (χ3n) is 2.89. The molecule has 2 nitrogen and oxygen atoms in total. The van der Waals surface area contributed by atoms with Crippen molar-refractivity contribution >= 4 is 21.6 Å². The van der Waals surface area contributed by atoms with Gasteiger partial charge in [0, 0.05) is 0 Å². The van der Waals surface area contributed by atoms with Crippen LogP contribution in [0.2, 0.25) is 0 Å². The molecule has 2 rings (SSSR count). The fraction of sp³-hybridized carbons (Fsp3) is 0.500. The maximum absolute atomic E-state index is 4.66. The van der Waals surface area contributed by atoms with Gasteiger partial charge in [-0.3, -0.25) is 4.90 Å². The molecule has 0 fully saturated rings. The molecule has 0 spiro atoms. The second-order valence-corrected chi connectivity index (χ2v) is 5.64. The van der Waals surface area contributed by atoms with Crippen LogP contribution in [0.5, 0.6) is 0 Å². The Kier molecular flexibility index (Phi) is 4.51. The lowest BCUT2D eigenvalue weighted by Gasteiger charge is -2.14. The molecule has 92 valence electrons. The highest BCUT2D eigenvalue weighted by Gasteiger charge is 2.05. The fourth-order valence-corrected chi connectivity index (χ4v) is 2.98. The van der Waals surface area contributed by atoms with Crippen molar-refractivity contribution in [3.63, 3.8) is 0 Å². The van der Waals surface area contributed by atoms with E-state index in [0.717, 1.165) is 12.1 Å². The summed E-state index contributed by atoms with van der Waals surface area (Å²) in [5, 5.41) is 1.23. The average Bonchev–Trinajstić information content (AvgIpc) is 2.71. The Balaban J connectivity index is 1.93. The predicted molar refractivity (Wildman–Crippen MR) is 75.5 cm³/mol. The van der Waals surface area contributed by atoms with Crippen LogP contribution in [-0.4, -0.2) is 23.5 Å². The molecule has 0 saturated carbocycles. The van der Waals surface area contributed by atoms with Crippen molar-refractivity contribution in [2.45, 2.75) is 32.7 Å². The molecule has 0 saturated heterocycles. The Morgan fingerprint density at radius 3 is 2.82 bits per heavy atom. The summed E-state index contributed by atoms with van der Waals surface area (Å²) in [6.07, 6.45) is 3.90. The first-order valence-electron chi connectivity index (χ1n) is 6.32. The van der Waals surface area contributed by atoms with Crippen molar-refractivity contribution in [3.05, 3.63) is 29.3 Å². The van der Waals surface area contributed by atoms with Gasteiger partial charge in [0.2, 0.25) is 0 Å².